The number of thiazole rings is 1. The number of aromatic amines is 3. The predicted molar refractivity (Wildman–Crippen MR) is 107 cm³/mol. The van der Waals surface area contributed by atoms with Crippen LogP contribution in [0.2, 0.25) is 0 Å². The summed E-state index contributed by atoms with van der Waals surface area (Å²) in [5.41, 5.74) is 2.78. The van der Waals surface area contributed by atoms with Crippen LogP contribution in [-0.2, 0) is 13.0 Å². The zero-order chi connectivity index (χ0) is 19.3. The molecule has 0 saturated carbocycles. The van der Waals surface area contributed by atoms with Crippen LogP contribution in [0.15, 0.2) is 52.4 Å². The van der Waals surface area contributed by atoms with Crippen molar-refractivity contribution >= 4 is 32.5 Å². The van der Waals surface area contributed by atoms with Gasteiger partial charge in [0, 0.05) is 36.6 Å². The number of nitrogens with one attached hydrogen (secondary N) is 3. The average Bonchev–Trinajstić information content (AvgIpc) is 3.40. The van der Waals surface area contributed by atoms with Crippen molar-refractivity contribution in [2.45, 2.75) is 19.9 Å². The summed E-state index contributed by atoms with van der Waals surface area (Å²) in [5.74, 6) is 0. The summed E-state index contributed by atoms with van der Waals surface area (Å²) in [6.07, 6.45) is 3.98. The van der Waals surface area contributed by atoms with Gasteiger partial charge in [-0.2, -0.15) is 0 Å². The van der Waals surface area contributed by atoms with E-state index in [4.69, 9.17) is 0 Å². The van der Waals surface area contributed by atoms with Crippen LogP contribution in [-0.4, -0.2) is 24.3 Å². The van der Waals surface area contributed by atoms with Gasteiger partial charge in [0.2, 0.25) is 0 Å². The summed E-state index contributed by atoms with van der Waals surface area (Å²) in [6, 6.07) is 9.35. The number of aryl methyl sites for hydroxylation is 2. The van der Waals surface area contributed by atoms with Crippen LogP contribution in [0.5, 0.6) is 0 Å². The Morgan fingerprint density at radius 2 is 2.07 bits per heavy atom. The fourth-order valence-electron chi connectivity index (χ4n) is 3.49. The molecular formula is C19H17N6NaO2S+2. The summed E-state index contributed by atoms with van der Waals surface area (Å²) in [5, 5.41) is 4.28. The number of nitrogens with zero attached hydrogens (tertiary/aromatic N) is 3. The van der Waals surface area contributed by atoms with Gasteiger partial charge in [-0.3, -0.25) is 4.79 Å². The zero-order valence-corrected chi connectivity index (χ0v) is 18.8. The average molecular weight is 416 g/mol. The quantitative estimate of drug-likeness (QED) is 0.359. The Morgan fingerprint density at radius 1 is 1.24 bits per heavy atom. The van der Waals surface area contributed by atoms with E-state index in [1.807, 2.05) is 31.2 Å². The van der Waals surface area contributed by atoms with Gasteiger partial charge in [-0.15, -0.1) is 0 Å². The first-order valence-electron chi connectivity index (χ1n) is 8.85. The summed E-state index contributed by atoms with van der Waals surface area (Å²) in [4.78, 5) is 36.0. The summed E-state index contributed by atoms with van der Waals surface area (Å²) in [6.45, 7) is 2.29. The Hall–Kier alpha value is -2.46. The second-order valence-electron chi connectivity index (χ2n) is 6.62. The summed E-state index contributed by atoms with van der Waals surface area (Å²) < 4.78 is 4.16. The van der Waals surface area contributed by atoms with Crippen molar-refractivity contribution < 1.29 is 34.5 Å². The molecule has 0 spiro atoms. The fraction of sp³-hybridized carbons (Fsp3) is 0.158. The third-order valence-corrected chi connectivity index (χ3v) is 5.97. The molecule has 0 radical (unpaired) electrons. The zero-order valence-electron chi connectivity index (χ0n) is 16.0. The van der Waals surface area contributed by atoms with E-state index in [2.05, 4.69) is 20.1 Å². The Morgan fingerprint density at radius 3 is 2.83 bits per heavy atom. The Labute approximate surface area is 190 Å². The molecule has 5 aromatic rings. The molecule has 0 aliphatic carbocycles. The molecule has 5 rings (SSSR count). The van der Waals surface area contributed by atoms with Gasteiger partial charge in [-0.05, 0) is 30.4 Å². The number of benzene rings is 1. The number of aromatic nitrogens is 6. The van der Waals surface area contributed by atoms with E-state index in [0.717, 1.165) is 15.9 Å². The maximum atomic E-state index is 13.1. The van der Waals surface area contributed by atoms with Crippen LogP contribution in [0.3, 0.4) is 0 Å². The third-order valence-electron chi connectivity index (χ3n) is 4.92. The predicted octanol–water partition coefficient (Wildman–Crippen LogP) is -1.21. The van der Waals surface area contributed by atoms with Crippen molar-refractivity contribution in [3.63, 3.8) is 0 Å². The van der Waals surface area contributed by atoms with Gasteiger partial charge >= 0.3 is 40.2 Å². The topological polar surface area (TPSA) is 103 Å². The standard InChI is InChI=1S/C19H16N6O2S.Na/c1-11-17-14(8-16(26)24(11)7-6-12-9-20-10-21-12)23-25(18(17)27)19-22-13-4-2-3-5-15(13)28-19;/h2-5,8-10,23H,6-7H2,1H3,(H,20,21);/q;+1/p+1. The molecule has 1 aromatic carbocycles. The molecule has 0 unspecified atom stereocenters. The van der Waals surface area contributed by atoms with Crippen molar-refractivity contribution in [3.05, 3.63) is 75.0 Å². The van der Waals surface area contributed by atoms with Crippen molar-refractivity contribution in [2.75, 3.05) is 0 Å². The van der Waals surface area contributed by atoms with Gasteiger partial charge in [0.1, 0.15) is 10.9 Å². The van der Waals surface area contributed by atoms with Crippen molar-refractivity contribution in [2.24, 2.45) is 0 Å². The van der Waals surface area contributed by atoms with Crippen LogP contribution in [0, 0.1) is 6.92 Å². The molecule has 3 N–H and O–H groups in total. The minimum Gasteiger partial charge on any atom is -0.348 e. The number of H-pyrrole nitrogens is 3. The van der Waals surface area contributed by atoms with E-state index in [-0.39, 0.29) is 40.7 Å². The van der Waals surface area contributed by atoms with Crippen molar-refractivity contribution in [1.29, 1.82) is 0 Å². The first-order valence-corrected chi connectivity index (χ1v) is 9.67. The SMILES string of the molecule is Cc1c2c(=O)n(-c3[nH+]c4ccccc4s3)[nH]c2cc(=O)n1CCc1cnc[nH]1.[Na+]. The van der Waals surface area contributed by atoms with Gasteiger partial charge < -0.3 is 9.55 Å². The maximum absolute atomic E-state index is 13.1. The molecule has 4 aromatic heterocycles. The van der Waals surface area contributed by atoms with E-state index in [0.29, 0.717) is 34.7 Å². The van der Waals surface area contributed by atoms with Crippen molar-refractivity contribution in [3.8, 4) is 5.13 Å². The number of fused-ring (bicyclic) bond motifs is 2. The van der Waals surface area contributed by atoms with Gasteiger partial charge in [0.05, 0.1) is 16.5 Å². The number of hydrogen-bond acceptors (Lipinski definition) is 4. The van der Waals surface area contributed by atoms with Gasteiger partial charge in [0.25, 0.3) is 5.56 Å². The minimum absolute atomic E-state index is 0. The van der Waals surface area contributed by atoms with Gasteiger partial charge in [0.15, 0.2) is 0 Å². The van der Waals surface area contributed by atoms with E-state index in [1.165, 1.54) is 22.1 Å². The molecule has 8 nitrogen and oxygen atoms in total. The largest absolute Gasteiger partial charge is 1.00 e. The van der Waals surface area contributed by atoms with Crippen LogP contribution in [0.4, 0.5) is 0 Å². The molecule has 0 aliphatic heterocycles. The van der Waals surface area contributed by atoms with E-state index >= 15 is 0 Å². The van der Waals surface area contributed by atoms with Crippen LogP contribution < -0.4 is 45.7 Å². The second kappa shape index (κ2) is 7.75. The Balaban J connectivity index is 0.00000205. The minimum atomic E-state index is -0.175. The molecule has 0 saturated heterocycles. The van der Waals surface area contributed by atoms with E-state index in [1.54, 1.807) is 17.1 Å². The first kappa shape index (κ1) is 19.8. The number of pyridine rings is 1. The number of rotatable bonds is 4. The summed E-state index contributed by atoms with van der Waals surface area (Å²) in [7, 11) is 0. The maximum Gasteiger partial charge on any atom is 1.00 e. The monoisotopic (exact) mass is 416 g/mol. The Bertz CT molecular complexity index is 1390. The number of hydrogen-bond donors (Lipinski definition) is 2. The molecule has 0 aliphatic rings. The number of imidazole rings is 1. The van der Waals surface area contributed by atoms with Crippen molar-refractivity contribution in [1.82, 2.24) is 24.3 Å². The Kier molecular flexibility index (Phi) is 5.30. The summed E-state index contributed by atoms with van der Waals surface area (Å²) >= 11 is 1.48. The van der Waals surface area contributed by atoms with Gasteiger partial charge in [-0.1, -0.05) is 16.8 Å². The molecule has 10 heteroatoms. The normalized spacial score (nSPS) is 11.2. The van der Waals surface area contributed by atoms with E-state index < -0.39 is 0 Å². The molecule has 140 valence electrons. The van der Waals surface area contributed by atoms with Crippen LogP contribution >= 0.6 is 11.3 Å². The van der Waals surface area contributed by atoms with E-state index in [9.17, 15) is 9.59 Å². The molecular weight excluding hydrogens is 399 g/mol. The molecule has 4 heterocycles. The second-order valence-corrected chi connectivity index (χ2v) is 7.65. The number of para-hydroxylation sites is 1. The molecule has 29 heavy (non-hydrogen) atoms. The fourth-order valence-corrected chi connectivity index (χ4v) is 4.45. The molecule has 0 amide bonds. The molecule has 0 bridgehead atoms. The smallest absolute Gasteiger partial charge is 0.348 e. The van der Waals surface area contributed by atoms with Gasteiger partial charge in [-0.25, -0.2) is 19.9 Å². The third kappa shape index (κ3) is 3.40. The van der Waals surface area contributed by atoms with Crippen LogP contribution in [0.25, 0.3) is 26.3 Å². The van der Waals surface area contributed by atoms with Crippen LogP contribution in [0.1, 0.15) is 11.4 Å². The molecule has 0 fully saturated rings. The molecule has 0 atom stereocenters. The first-order chi connectivity index (χ1) is 13.6.